The number of hydrogen-bond donors (Lipinski definition) is 1. The van der Waals surface area contributed by atoms with Gasteiger partial charge in [-0.3, -0.25) is 14.6 Å². The molecule has 0 spiro atoms. The van der Waals surface area contributed by atoms with Gasteiger partial charge in [0.2, 0.25) is 0 Å². The Labute approximate surface area is 88.8 Å². The summed E-state index contributed by atoms with van der Waals surface area (Å²) in [6.07, 6.45) is 3.83. The van der Waals surface area contributed by atoms with E-state index in [4.69, 9.17) is 10.6 Å². The molecular formula is C10H15N3O2. The van der Waals surface area contributed by atoms with E-state index >= 15 is 0 Å². The first-order valence-corrected chi connectivity index (χ1v) is 4.61. The van der Waals surface area contributed by atoms with E-state index in [2.05, 4.69) is 4.98 Å². The molecule has 1 amide bonds. The average molecular weight is 209 g/mol. The van der Waals surface area contributed by atoms with Crippen LogP contribution in [0.1, 0.15) is 5.56 Å². The van der Waals surface area contributed by atoms with E-state index in [1.807, 2.05) is 12.1 Å². The SMILES string of the molecule is CON(C)C(=O)[C@@H](N)Cc1cccnc1. The van der Waals surface area contributed by atoms with Crippen LogP contribution < -0.4 is 5.73 Å². The van der Waals surface area contributed by atoms with Crippen molar-refractivity contribution in [3.05, 3.63) is 30.1 Å². The van der Waals surface area contributed by atoms with Crippen LogP contribution >= 0.6 is 0 Å². The predicted octanol–water partition coefficient (Wildman–Crippen LogP) is -0.0288. The van der Waals surface area contributed by atoms with E-state index in [9.17, 15) is 4.79 Å². The Kier molecular flexibility index (Phi) is 4.20. The maximum absolute atomic E-state index is 11.5. The van der Waals surface area contributed by atoms with Gasteiger partial charge in [-0.2, -0.15) is 0 Å². The number of rotatable bonds is 4. The van der Waals surface area contributed by atoms with Crippen molar-refractivity contribution in [3.8, 4) is 0 Å². The van der Waals surface area contributed by atoms with Crippen molar-refractivity contribution in [2.24, 2.45) is 5.73 Å². The molecule has 1 heterocycles. The van der Waals surface area contributed by atoms with E-state index in [-0.39, 0.29) is 5.91 Å². The molecule has 82 valence electrons. The van der Waals surface area contributed by atoms with Gasteiger partial charge >= 0.3 is 0 Å². The molecule has 0 aliphatic heterocycles. The summed E-state index contributed by atoms with van der Waals surface area (Å²) in [6, 6.07) is 3.10. The van der Waals surface area contributed by atoms with Crippen LogP contribution in [0.3, 0.4) is 0 Å². The highest BCUT2D eigenvalue weighted by Gasteiger charge is 2.18. The molecule has 0 saturated heterocycles. The first-order chi connectivity index (χ1) is 7.15. The molecule has 15 heavy (non-hydrogen) atoms. The van der Waals surface area contributed by atoms with E-state index < -0.39 is 6.04 Å². The second kappa shape index (κ2) is 5.43. The number of carbonyl (C=O) groups is 1. The van der Waals surface area contributed by atoms with Crippen LogP contribution in [0, 0.1) is 0 Å². The highest BCUT2D eigenvalue weighted by Crippen LogP contribution is 2.01. The Bertz CT molecular complexity index is 316. The molecule has 0 aliphatic carbocycles. The molecule has 1 atom stereocenters. The molecule has 0 saturated carbocycles. The zero-order valence-corrected chi connectivity index (χ0v) is 8.88. The van der Waals surface area contributed by atoms with Gasteiger partial charge in [0.25, 0.3) is 5.91 Å². The van der Waals surface area contributed by atoms with Gasteiger partial charge in [-0.25, -0.2) is 5.06 Å². The van der Waals surface area contributed by atoms with Crippen molar-refractivity contribution < 1.29 is 9.63 Å². The molecule has 0 aliphatic rings. The van der Waals surface area contributed by atoms with Crippen molar-refractivity contribution >= 4 is 5.91 Å². The largest absolute Gasteiger partial charge is 0.320 e. The molecule has 1 aromatic heterocycles. The number of hydroxylamine groups is 2. The molecule has 5 nitrogen and oxygen atoms in total. The van der Waals surface area contributed by atoms with Crippen LogP contribution in [0.15, 0.2) is 24.5 Å². The van der Waals surface area contributed by atoms with E-state index in [1.165, 1.54) is 14.2 Å². The molecule has 5 heteroatoms. The topological polar surface area (TPSA) is 68.5 Å². The van der Waals surface area contributed by atoms with Crippen molar-refractivity contribution in [1.29, 1.82) is 0 Å². The van der Waals surface area contributed by atoms with Gasteiger partial charge in [-0.05, 0) is 18.1 Å². The van der Waals surface area contributed by atoms with Gasteiger partial charge in [0.1, 0.15) is 0 Å². The van der Waals surface area contributed by atoms with Gasteiger partial charge in [-0.1, -0.05) is 6.07 Å². The maximum atomic E-state index is 11.5. The maximum Gasteiger partial charge on any atom is 0.263 e. The zero-order chi connectivity index (χ0) is 11.3. The summed E-state index contributed by atoms with van der Waals surface area (Å²) >= 11 is 0. The molecule has 2 N–H and O–H groups in total. The van der Waals surface area contributed by atoms with Crippen LogP contribution in [0.25, 0.3) is 0 Å². The van der Waals surface area contributed by atoms with Crippen LogP contribution in [-0.2, 0) is 16.1 Å². The lowest BCUT2D eigenvalue weighted by Gasteiger charge is -2.18. The van der Waals surface area contributed by atoms with Crippen molar-refractivity contribution in [2.75, 3.05) is 14.2 Å². The summed E-state index contributed by atoms with van der Waals surface area (Å²) < 4.78 is 0. The van der Waals surface area contributed by atoms with Crippen LogP contribution in [-0.4, -0.2) is 36.2 Å². The van der Waals surface area contributed by atoms with Crippen LogP contribution in [0.5, 0.6) is 0 Å². The Morgan fingerprint density at radius 3 is 3.00 bits per heavy atom. The molecule has 0 radical (unpaired) electrons. The third kappa shape index (κ3) is 3.30. The molecule has 1 aromatic rings. The summed E-state index contributed by atoms with van der Waals surface area (Å²) in [5, 5.41) is 1.13. The van der Waals surface area contributed by atoms with Crippen LogP contribution in [0.2, 0.25) is 0 Å². The summed E-state index contributed by atoms with van der Waals surface area (Å²) in [6.45, 7) is 0. The third-order valence-corrected chi connectivity index (χ3v) is 2.08. The molecule has 0 unspecified atom stereocenters. The number of hydrogen-bond acceptors (Lipinski definition) is 4. The van der Waals surface area contributed by atoms with Crippen LogP contribution in [0.4, 0.5) is 0 Å². The number of amides is 1. The van der Waals surface area contributed by atoms with E-state index in [1.54, 1.807) is 12.4 Å². The van der Waals surface area contributed by atoms with Crippen molar-refractivity contribution in [2.45, 2.75) is 12.5 Å². The first kappa shape index (κ1) is 11.6. The molecular weight excluding hydrogens is 194 g/mol. The lowest BCUT2D eigenvalue weighted by Crippen LogP contribution is -2.42. The van der Waals surface area contributed by atoms with Gasteiger partial charge in [-0.15, -0.1) is 0 Å². The zero-order valence-electron chi connectivity index (χ0n) is 8.88. The summed E-state index contributed by atoms with van der Waals surface area (Å²) in [7, 11) is 2.96. The minimum Gasteiger partial charge on any atom is -0.320 e. The Morgan fingerprint density at radius 1 is 1.73 bits per heavy atom. The molecule has 0 fully saturated rings. The number of aromatic nitrogens is 1. The average Bonchev–Trinajstić information content (AvgIpc) is 2.28. The summed E-state index contributed by atoms with van der Waals surface area (Å²) in [5.41, 5.74) is 6.66. The van der Waals surface area contributed by atoms with E-state index in [0.717, 1.165) is 10.6 Å². The number of pyridine rings is 1. The van der Waals surface area contributed by atoms with E-state index in [0.29, 0.717) is 6.42 Å². The number of carbonyl (C=O) groups excluding carboxylic acids is 1. The highest BCUT2D eigenvalue weighted by molar-refractivity contribution is 5.80. The second-order valence-electron chi connectivity index (χ2n) is 3.19. The fraction of sp³-hybridized carbons (Fsp3) is 0.400. The molecule has 0 bridgehead atoms. The normalized spacial score (nSPS) is 12.2. The predicted molar refractivity (Wildman–Crippen MR) is 55.7 cm³/mol. The second-order valence-corrected chi connectivity index (χ2v) is 3.19. The minimum absolute atomic E-state index is 0.249. The lowest BCUT2D eigenvalue weighted by atomic mass is 10.1. The van der Waals surface area contributed by atoms with Gasteiger partial charge in [0.05, 0.1) is 13.2 Å². The van der Waals surface area contributed by atoms with Gasteiger partial charge in [0, 0.05) is 19.4 Å². The monoisotopic (exact) mass is 209 g/mol. The van der Waals surface area contributed by atoms with Gasteiger partial charge in [0.15, 0.2) is 0 Å². The fourth-order valence-electron chi connectivity index (χ4n) is 1.18. The molecule has 0 aromatic carbocycles. The number of nitrogens with two attached hydrogens (primary N) is 1. The lowest BCUT2D eigenvalue weighted by molar-refractivity contribution is -0.170. The standard InChI is InChI=1S/C10H15N3O2/c1-13(15-2)10(14)9(11)6-8-4-3-5-12-7-8/h3-5,7,9H,6,11H2,1-2H3/t9-/m0/s1. The van der Waals surface area contributed by atoms with Gasteiger partial charge < -0.3 is 5.73 Å². The summed E-state index contributed by atoms with van der Waals surface area (Å²) in [5.74, 6) is -0.249. The Balaban J connectivity index is 2.56. The first-order valence-electron chi connectivity index (χ1n) is 4.61. The highest BCUT2D eigenvalue weighted by atomic mass is 16.7. The minimum atomic E-state index is -0.598. The van der Waals surface area contributed by atoms with Crippen molar-refractivity contribution in [1.82, 2.24) is 10.0 Å². The number of nitrogens with zero attached hydrogens (tertiary/aromatic N) is 2. The Hall–Kier alpha value is -1.46. The smallest absolute Gasteiger partial charge is 0.263 e. The van der Waals surface area contributed by atoms with Crippen molar-refractivity contribution in [3.63, 3.8) is 0 Å². The molecule has 1 rings (SSSR count). The Morgan fingerprint density at radius 2 is 2.47 bits per heavy atom. The fourth-order valence-corrected chi connectivity index (χ4v) is 1.18. The summed E-state index contributed by atoms with van der Waals surface area (Å²) in [4.78, 5) is 20.2. The third-order valence-electron chi connectivity index (χ3n) is 2.08. The quantitative estimate of drug-likeness (QED) is 0.707. The number of likely N-dealkylation sites (N-methyl/N-ethyl adjacent to an activating group) is 1.